The number of aromatic nitrogens is 2. The zero-order chi connectivity index (χ0) is 17.2. The maximum atomic E-state index is 12.5. The van der Waals surface area contributed by atoms with Crippen molar-refractivity contribution in [2.24, 2.45) is 17.5 Å². The van der Waals surface area contributed by atoms with Gasteiger partial charge in [-0.2, -0.15) is 5.10 Å². The fourth-order valence-electron chi connectivity index (χ4n) is 3.70. The van der Waals surface area contributed by atoms with Gasteiger partial charge in [-0.05, 0) is 18.3 Å². The number of anilines is 1. The van der Waals surface area contributed by atoms with Crippen molar-refractivity contribution in [1.29, 1.82) is 0 Å². The molecule has 1 amide bonds. The molecule has 1 aliphatic heterocycles. The van der Waals surface area contributed by atoms with Gasteiger partial charge in [0.2, 0.25) is 5.91 Å². The number of rotatable bonds is 3. The zero-order valence-corrected chi connectivity index (χ0v) is 15.0. The number of nitrogens with zero attached hydrogens (tertiary/aromatic N) is 5. The lowest BCUT2D eigenvalue weighted by Gasteiger charge is -2.36. The van der Waals surface area contributed by atoms with Gasteiger partial charge in [-0.3, -0.25) is 14.5 Å². The van der Waals surface area contributed by atoms with Crippen LogP contribution in [0.15, 0.2) is 17.4 Å². The number of amides is 1. The van der Waals surface area contributed by atoms with E-state index in [0.29, 0.717) is 18.5 Å². The Morgan fingerprint density at radius 1 is 1.38 bits per heavy atom. The van der Waals surface area contributed by atoms with Crippen molar-refractivity contribution in [3.63, 3.8) is 0 Å². The molecule has 132 valence electrons. The summed E-state index contributed by atoms with van der Waals surface area (Å²) in [6.45, 7) is 5.05. The summed E-state index contributed by atoms with van der Waals surface area (Å²) in [5, 5.41) is 7.64. The number of guanidine groups is 1. The average molecular weight is 332 g/mol. The first kappa shape index (κ1) is 16.8. The number of hydrogen-bond acceptors (Lipinski definition) is 3. The van der Waals surface area contributed by atoms with Crippen LogP contribution in [0.3, 0.4) is 0 Å². The first-order valence-electron chi connectivity index (χ1n) is 8.75. The Balaban J connectivity index is 1.58. The molecular weight excluding hydrogens is 304 g/mol. The monoisotopic (exact) mass is 332 g/mol. The van der Waals surface area contributed by atoms with E-state index in [4.69, 9.17) is 0 Å². The van der Waals surface area contributed by atoms with Crippen molar-refractivity contribution < 1.29 is 4.79 Å². The Morgan fingerprint density at radius 2 is 2.12 bits per heavy atom. The number of aryl methyl sites for hydroxylation is 1. The molecule has 1 aliphatic carbocycles. The summed E-state index contributed by atoms with van der Waals surface area (Å²) in [7, 11) is 3.65. The summed E-state index contributed by atoms with van der Waals surface area (Å²) >= 11 is 0. The average Bonchev–Trinajstić information content (AvgIpc) is 3.17. The number of hydrogen-bond donors (Lipinski definition) is 1. The molecule has 0 unspecified atom stereocenters. The molecule has 24 heavy (non-hydrogen) atoms. The normalized spacial score (nSPS) is 21.5. The van der Waals surface area contributed by atoms with E-state index in [2.05, 4.69) is 22.3 Å². The summed E-state index contributed by atoms with van der Waals surface area (Å²) in [5.74, 6) is 0.923. The van der Waals surface area contributed by atoms with E-state index in [1.807, 2.05) is 18.1 Å². The number of carbonyl (C=O) groups is 1. The van der Waals surface area contributed by atoms with Crippen molar-refractivity contribution in [3.8, 4) is 0 Å². The van der Waals surface area contributed by atoms with Crippen LogP contribution in [0.5, 0.6) is 0 Å². The van der Waals surface area contributed by atoms with Gasteiger partial charge in [0, 0.05) is 39.9 Å². The molecule has 0 bridgehead atoms. The fraction of sp³-hybridized carbons (Fsp3) is 0.706. The second-order valence-corrected chi connectivity index (χ2v) is 7.26. The van der Waals surface area contributed by atoms with Crippen LogP contribution in [0.1, 0.15) is 32.6 Å². The van der Waals surface area contributed by atoms with Gasteiger partial charge < -0.3 is 15.1 Å². The molecule has 2 fully saturated rings. The van der Waals surface area contributed by atoms with Crippen LogP contribution in [0.2, 0.25) is 0 Å². The standard InChI is InChI=1S/C17H28N6O/c1-17(6-4-5-7-17)13-19-16(18-2)22-8-9-23(15(24)12-22)14-10-20-21(3)11-14/h10-11H,4-9,12-13H2,1-3H3,(H,18,19). The summed E-state index contributed by atoms with van der Waals surface area (Å²) in [6.07, 6.45) is 8.79. The smallest absolute Gasteiger partial charge is 0.246 e. The molecule has 1 N–H and O–H groups in total. The van der Waals surface area contributed by atoms with Crippen LogP contribution in [-0.4, -0.2) is 59.8 Å². The summed E-state index contributed by atoms with van der Waals surface area (Å²) in [4.78, 5) is 20.8. The van der Waals surface area contributed by atoms with Gasteiger partial charge in [0.15, 0.2) is 5.96 Å². The third-order valence-electron chi connectivity index (χ3n) is 5.22. The van der Waals surface area contributed by atoms with Crippen LogP contribution in [0, 0.1) is 5.41 Å². The molecule has 1 aromatic rings. The lowest BCUT2D eigenvalue weighted by Crippen LogP contribution is -2.56. The van der Waals surface area contributed by atoms with Crippen molar-refractivity contribution in [1.82, 2.24) is 20.0 Å². The number of carbonyl (C=O) groups excluding carboxylic acids is 1. The molecule has 1 aromatic heterocycles. The SMILES string of the molecule is CN=C(NCC1(C)CCCC1)N1CCN(c2cnn(C)c2)C(=O)C1. The molecule has 0 aromatic carbocycles. The number of nitrogens with one attached hydrogen (secondary N) is 1. The Kier molecular flexibility index (Phi) is 4.78. The van der Waals surface area contributed by atoms with Crippen molar-refractivity contribution in [2.75, 3.05) is 38.1 Å². The fourth-order valence-corrected chi connectivity index (χ4v) is 3.70. The molecule has 0 spiro atoms. The summed E-state index contributed by atoms with van der Waals surface area (Å²) in [6, 6.07) is 0. The number of piperazine rings is 1. The Hall–Kier alpha value is -2.05. The Morgan fingerprint density at radius 3 is 2.71 bits per heavy atom. The maximum Gasteiger partial charge on any atom is 0.246 e. The van der Waals surface area contributed by atoms with Crippen LogP contribution < -0.4 is 10.2 Å². The lowest BCUT2D eigenvalue weighted by molar-refractivity contribution is -0.120. The van der Waals surface area contributed by atoms with Gasteiger partial charge in [0.05, 0.1) is 11.9 Å². The predicted octanol–water partition coefficient (Wildman–Crippen LogP) is 1.22. The van der Waals surface area contributed by atoms with E-state index < -0.39 is 0 Å². The van der Waals surface area contributed by atoms with Gasteiger partial charge in [-0.25, -0.2) is 0 Å². The largest absolute Gasteiger partial charge is 0.356 e. The third kappa shape index (κ3) is 3.55. The first-order valence-corrected chi connectivity index (χ1v) is 8.75. The molecule has 2 aliphatic rings. The highest BCUT2D eigenvalue weighted by Gasteiger charge is 2.31. The first-order chi connectivity index (χ1) is 11.5. The minimum absolute atomic E-state index is 0.0873. The zero-order valence-electron chi connectivity index (χ0n) is 15.0. The topological polar surface area (TPSA) is 65.8 Å². The van der Waals surface area contributed by atoms with Crippen LogP contribution in [-0.2, 0) is 11.8 Å². The number of aliphatic imine (C=N–C) groups is 1. The second kappa shape index (κ2) is 6.83. The molecule has 3 rings (SSSR count). The predicted molar refractivity (Wildman–Crippen MR) is 95.1 cm³/mol. The molecular formula is C17H28N6O. The lowest BCUT2D eigenvalue weighted by atomic mass is 9.89. The van der Waals surface area contributed by atoms with Crippen molar-refractivity contribution >= 4 is 17.6 Å². The highest BCUT2D eigenvalue weighted by Crippen LogP contribution is 2.36. The molecule has 2 heterocycles. The van der Waals surface area contributed by atoms with Crippen molar-refractivity contribution in [2.45, 2.75) is 32.6 Å². The van der Waals surface area contributed by atoms with E-state index in [-0.39, 0.29) is 5.91 Å². The minimum atomic E-state index is 0.0873. The highest BCUT2D eigenvalue weighted by atomic mass is 16.2. The molecule has 1 saturated carbocycles. The molecule has 1 saturated heterocycles. The van der Waals surface area contributed by atoms with Gasteiger partial charge in [-0.15, -0.1) is 0 Å². The summed E-state index contributed by atoms with van der Waals surface area (Å²) in [5.41, 5.74) is 1.22. The van der Waals surface area contributed by atoms with Gasteiger partial charge in [0.1, 0.15) is 6.54 Å². The molecule has 0 radical (unpaired) electrons. The van der Waals surface area contributed by atoms with E-state index in [1.54, 1.807) is 22.8 Å². The van der Waals surface area contributed by atoms with E-state index in [1.165, 1.54) is 25.7 Å². The molecule has 0 atom stereocenters. The molecule has 7 heteroatoms. The Labute approximate surface area is 143 Å². The van der Waals surface area contributed by atoms with E-state index in [0.717, 1.165) is 24.7 Å². The Bertz CT molecular complexity index is 616. The van der Waals surface area contributed by atoms with Gasteiger partial charge in [0.25, 0.3) is 0 Å². The highest BCUT2D eigenvalue weighted by molar-refractivity contribution is 5.98. The third-order valence-corrected chi connectivity index (χ3v) is 5.22. The van der Waals surface area contributed by atoms with Crippen LogP contribution >= 0.6 is 0 Å². The maximum absolute atomic E-state index is 12.5. The van der Waals surface area contributed by atoms with E-state index >= 15 is 0 Å². The van der Waals surface area contributed by atoms with Crippen molar-refractivity contribution in [3.05, 3.63) is 12.4 Å². The second-order valence-electron chi connectivity index (χ2n) is 7.26. The molecule has 7 nitrogen and oxygen atoms in total. The quantitative estimate of drug-likeness (QED) is 0.668. The summed E-state index contributed by atoms with van der Waals surface area (Å²) < 4.78 is 1.72. The van der Waals surface area contributed by atoms with Gasteiger partial charge in [-0.1, -0.05) is 19.8 Å². The van der Waals surface area contributed by atoms with Gasteiger partial charge >= 0.3 is 0 Å². The van der Waals surface area contributed by atoms with Crippen LogP contribution in [0.25, 0.3) is 0 Å². The van der Waals surface area contributed by atoms with E-state index in [9.17, 15) is 4.79 Å². The minimum Gasteiger partial charge on any atom is -0.356 e. The van der Waals surface area contributed by atoms with Crippen LogP contribution in [0.4, 0.5) is 5.69 Å².